The molecule has 0 amide bonds. The molecule has 0 aromatic carbocycles. The largest absolute Gasteiger partial charge is 0.435 e. The van der Waals surface area contributed by atoms with Gasteiger partial charge in [0, 0.05) is 11.1 Å². The third-order valence-electron chi connectivity index (χ3n) is 5.15. The second-order valence-corrected chi connectivity index (χ2v) is 8.29. The number of ether oxygens (including phenoxy) is 3. The molecule has 1 aliphatic rings. The van der Waals surface area contributed by atoms with E-state index in [0.717, 1.165) is 11.1 Å². The Morgan fingerprint density at radius 3 is 1.73 bits per heavy atom. The predicted molar refractivity (Wildman–Crippen MR) is 135 cm³/mol. The lowest BCUT2D eigenvalue weighted by molar-refractivity contribution is -0.291. The van der Waals surface area contributed by atoms with Gasteiger partial charge >= 0.3 is 11.9 Å². The van der Waals surface area contributed by atoms with Crippen molar-refractivity contribution < 1.29 is 49.3 Å². The highest BCUT2D eigenvalue weighted by atomic mass is 16.7. The van der Waals surface area contributed by atoms with E-state index in [4.69, 9.17) is 14.6 Å². The van der Waals surface area contributed by atoms with Gasteiger partial charge in [0.15, 0.2) is 6.79 Å². The van der Waals surface area contributed by atoms with Gasteiger partial charge in [-0.15, -0.1) is 0 Å². The molecule has 1 saturated heterocycles. The summed E-state index contributed by atoms with van der Waals surface area (Å²) in [5, 5.41) is 47.3. The SMILES string of the molecule is CC(/C=C/C=C(\C)C(=O)OCO)=C\C=C\C=C(C)\C=C\C=C(/C)C(=O)OC1OC(CO)C(O)C(O)C1O. The van der Waals surface area contributed by atoms with Gasteiger partial charge < -0.3 is 39.7 Å². The maximum absolute atomic E-state index is 12.3. The highest BCUT2D eigenvalue weighted by Crippen LogP contribution is 2.22. The fourth-order valence-corrected chi connectivity index (χ4v) is 2.89. The normalized spacial score (nSPS) is 26.4. The number of hydrogen-bond donors (Lipinski definition) is 5. The van der Waals surface area contributed by atoms with E-state index in [1.54, 1.807) is 31.2 Å². The van der Waals surface area contributed by atoms with E-state index >= 15 is 0 Å². The van der Waals surface area contributed by atoms with Crippen LogP contribution >= 0.6 is 0 Å². The van der Waals surface area contributed by atoms with Gasteiger partial charge in [0.1, 0.15) is 24.4 Å². The van der Waals surface area contributed by atoms with Crippen LogP contribution in [-0.2, 0) is 23.8 Å². The van der Waals surface area contributed by atoms with Crippen molar-refractivity contribution >= 4 is 11.9 Å². The van der Waals surface area contributed by atoms with Gasteiger partial charge in [-0.1, -0.05) is 71.9 Å². The molecule has 5 N–H and O–H groups in total. The molecule has 0 bridgehead atoms. The minimum Gasteiger partial charge on any atom is -0.435 e. The summed E-state index contributed by atoms with van der Waals surface area (Å²) in [5.74, 6) is -1.38. The lowest BCUT2D eigenvalue weighted by Crippen LogP contribution is -2.59. The van der Waals surface area contributed by atoms with Crippen LogP contribution < -0.4 is 0 Å². The van der Waals surface area contributed by atoms with Crippen molar-refractivity contribution in [3.8, 4) is 0 Å². The Kier molecular flexibility index (Phi) is 14.3. The van der Waals surface area contributed by atoms with E-state index in [1.165, 1.54) is 13.0 Å². The average Bonchev–Trinajstić information content (AvgIpc) is 2.86. The molecule has 204 valence electrons. The molecule has 1 fully saturated rings. The maximum Gasteiger partial charge on any atom is 0.336 e. The number of carbonyl (C=O) groups is 2. The number of esters is 2. The molecule has 1 rings (SSSR count). The van der Waals surface area contributed by atoms with Crippen LogP contribution in [0.1, 0.15) is 27.7 Å². The fourth-order valence-electron chi connectivity index (χ4n) is 2.89. The molecule has 0 radical (unpaired) electrons. The van der Waals surface area contributed by atoms with Crippen molar-refractivity contribution in [2.45, 2.75) is 58.4 Å². The first-order chi connectivity index (χ1) is 17.5. The molecule has 0 aromatic heterocycles. The summed E-state index contributed by atoms with van der Waals surface area (Å²) in [6, 6.07) is 0. The number of carbonyl (C=O) groups excluding carboxylic acids is 2. The number of allylic oxidation sites excluding steroid dienone is 12. The van der Waals surface area contributed by atoms with Crippen LogP contribution in [0, 0.1) is 0 Å². The minimum atomic E-state index is -1.66. The summed E-state index contributed by atoms with van der Waals surface area (Å²) in [7, 11) is 0. The molecule has 5 unspecified atom stereocenters. The molecule has 0 aliphatic carbocycles. The number of rotatable bonds is 11. The zero-order chi connectivity index (χ0) is 28.0. The molecule has 1 aliphatic heterocycles. The Balaban J connectivity index is 2.63. The summed E-state index contributed by atoms with van der Waals surface area (Å²) in [4.78, 5) is 23.7. The zero-order valence-electron chi connectivity index (χ0n) is 21.4. The molecule has 37 heavy (non-hydrogen) atoms. The van der Waals surface area contributed by atoms with Crippen LogP contribution in [0.2, 0.25) is 0 Å². The molecule has 10 heteroatoms. The van der Waals surface area contributed by atoms with Crippen LogP contribution in [0.3, 0.4) is 0 Å². The molecule has 0 spiro atoms. The Morgan fingerprint density at radius 1 is 0.730 bits per heavy atom. The van der Waals surface area contributed by atoms with E-state index in [0.29, 0.717) is 5.57 Å². The van der Waals surface area contributed by atoms with Crippen molar-refractivity contribution in [2.75, 3.05) is 13.4 Å². The predicted octanol–water partition coefficient (Wildman–Crippen LogP) is 1.28. The van der Waals surface area contributed by atoms with Crippen LogP contribution in [0.15, 0.2) is 83.1 Å². The second-order valence-electron chi connectivity index (χ2n) is 8.29. The van der Waals surface area contributed by atoms with Crippen molar-refractivity contribution in [1.82, 2.24) is 0 Å². The highest BCUT2D eigenvalue weighted by Gasteiger charge is 2.45. The van der Waals surface area contributed by atoms with Crippen LogP contribution in [0.5, 0.6) is 0 Å². The lowest BCUT2D eigenvalue weighted by Gasteiger charge is -2.39. The summed E-state index contributed by atoms with van der Waals surface area (Å²) in [6.45, 7) is 5.57. The van der Waals surface area contributed by atoms with Crippen LogP contribution in [0.25, 0.3) is 0 Å². The summed E-state index contributed by atoms with van der Waals surface area (Å²) in [6.07, 6.45) is 9.90. The topological polar surface area (TPSA) is 163 Å². The van der Waals surface area contributed by atoms with E-state index in [9.17, 15) is 30.0 Å². The van der Waals surface area contributed by atoms with Gasteiger partial charge in [0.05, 0.1) is 6.61 Å². The third-order valence-corrected chi connectivity index (χ3v) is 5.15. The van der Waals surface area contributed by atoms with Crippen molar-refractivity contribution in [3.05, 3.63) is 83.1 Å². The Bertz CT molecular complexity index is 981. The zero-order valence-corrected chi connectivity index (χ0v) is 21.4. The molecule has 0 aromatic rings. The lowest BCUT2D eigenvalue weighted by atomic mass is 9.99. The van der Waals surface area contributed by atoms with Crippen LogP contribution in [0.4, 0.5) is 0 Å². The minimum absolute atomic E-state index is 0.204. The highest BCUT2D eigenvalue weighted by molar-refractivity contribution is 5.88. The van der Waals surface area contributed by atoms with Gasteiger partial charge in [-0.25, -0.2) is 9.59 Å². The Hall–Kier alpha value is -3.12. The summed E-state index contributed by atoms with van der Waals surface area (Å²) < 4.78 is 14.7. The van der Waals surface area contributed by atoms with Gasteiger partial charge in [0.2, 0.25) is 6.29 Å². The van der Waals surface area contributed by atoms with Crippen LogP contribution in [-0.4, -0.2) is 81.6 Å². The van der Waals surface area contributed by atoms with Gasteiger partial charge in [-0.3, -0.25) is 0 Å². The number of aliphatic hydroxyl groups excluding tert-OH is 5. The van der Waals surface area contributed by atoms with E-state index in [2.05, 4.69) is 4.74 Å². The van der Waals surface area contributed by atoms with Gasteiger partial charge in [-0.2, -0.15) is 0 Å². The molecular weight excluding hydrogens is 484 g/mol. The van der Waals surface area contributed by atoms with E-state index in [-0.39, 0.29) is 5.57 Å². The van der Waals surface area contributed by atoms with E-state index < -0.39 is 56.0 Å². The number of aliphatic hydroxyl groups is 5. The van der Waals surface area contributed by atoms with Gasteiger partial charge in [0.25, 0.3) is 0 Å². The molecule has 10 nitrogen and oxygen atoms in total. The third kappa shape index (κ3) is 11.2. The smallest absolute Gasteiger partial charge is 0.336 e. The first-order valence-corrected chi connectivity index (χ1v) is 11.5. The molecule has 0 saturated carbocycles. The number of hydrogen-bond acceptors (Lipinski definition) is 10. The average molecular weight is 521 g/mol. The monoisotopic (exact) mass is 520 g/mol. The Morgan fingerprint density at radius 2 is 1.24 bits per heavy atom. The standard InChI is InChI=1S/C27H36O10/c1-17(11-7-13-19(3)25(33)35-16-29)9-5-6-10-18(2)12-8-14-20(4)26(34)37-27-24(32)23(31)22(30)21(15-28)36-27/h5-14,21-24,27-32H,15-16H2,1-4H3/b6-5+,11-7+,12-8+,17-9+,18-10+,19-13+,20-14+. The Labute approximate surface area is 216 Å². The molecular formula is C27H36O10. The first-order valence-electron chi connectivity index (χ1n) is 11.5. The van der Waals surface area contributed by atoms with E-state index in [1.807, 2.05) is 44.2 Å². The summed E-state index contributed by atoms with van der Waals surface area (Å²) >= 11 is 0. The van der Waals surface area contributed by atoms with Gasteiger partial charge in [-0.05, 0) is 27.7 Å². The molecule has 1 heterocycles. The fraction of sp³-hybridized carbons (Fsp3) is 0.407. The van der Waals surface area contributed by atoms with Crippen molar-refractivity contribution in [1.29, 1.82) is 0 Å². The first kappa shape index (κ1) is 31.9. The molecule has 5 atom stereocenters. The maximum atomic E-state index is 12.3. The summed E-state index contributed by atoms with van der Waals surface area (Å²) in [5.41, 5.74) is 2.40. The second kappa shape index (κ2) is 16.6. The quantitative estimate of drug-likeness (QED) is 0.116. The van der Waals surface area contributed by atoms with Crippen molar-refractivity contribution in [2.24, 2.45) is 0 Å². The van der Waals surface area contributed by atoms with Crippen molar-refractivity contribution in [3.63, 3.8) is 0 Å².